The highest BCUT2D eigenvalue weighted by Gasteiger charge is 2.45. The number of ether oxygens (including phenoxy) is 1. The van der Waals surface area contributed by atoms with Crippen LogP contribution in [0.4, 0.5) is 0 Å². The van der Waals surface area contributed by atoms with Crippen LogP contribution in [-0.4, -0.2) is 33.1 Å². The van der Waals surface area contributed by atoms with Gasteiger partial charge in [0.1, 0.15) is 5.75 Å². The molecule has 3 N–H and O–H groups in total. The van der Waals surface area contributed by atoms with Gasteiger partial charge in [-0.15, -0.1) is 0 Å². The number of hydrogen-bond acceptors (Lipinski definition) is 6. The second-order valence-corrected chi connectivity index (χ2v) is 8.02. The van der Waals surface area contributed by atoms with Crippen molar-refractivity contribution >= 4 is 10.9 Å². The fraction of sp³-hybridized carbons (Fsp3) is 0.391. The van der Waals surface area contributed by atoms with Gasteiger partial charge in [0.05, 0.1) is 35.6 Å². The van der Waals surface area contributed by atoms with Crippen LogP contribution in [0.3, 0.4) is 0 Å². The number of rotatable bonds is 3. The molecule has 0 spiro atoms. The van der Waals surface area contributed by atoms with Gasteiger partial charge < -0.3 is 24.8 Å². The van der Waals surface area contributed by atoms with Crippen molar-refractivity contribution in [3.63, 3.8) is 0 Å². The van der Waals surface area contributed by atoms with Crippen LogP contribution < -0.4 is 10.9 Å². The predicted molar refractivity (Wildman–Crippen MR) is 113 cm³/mol. The number of pyridine rings is 2. The standard InChI is InChI=1S/C23H25N3O4/c1-4-13-14-8-12(27)6-7-18(14)25-20-15(13)10-26-19(20)9-17-16(21(26)28)11-30-22(29)23(17,5-2)24-3/h6-9,22,24,27,29H,4-5,10-11H2,1-3H3/t22?,23-/m0/s1. The van der Waals surface area contributed by atoms with Gasteiger partial charge in [0.15, 0.2) is 6.29 Å². The minimum absolute atomic E-state index is 0.0826. The molecule has 4 heterocycles. The van der Waals surface area contributed by atoms with Gasteiger partial charge in [0.2, 0.25) is 0 Å². The highest BCUT2D eigenvalue weighted by Crippen LogP contribution is 2.41. The van der Waals surface area contributed by atoms with Crippen LogP contribution in [0.1, 0.15) is 42.5 Å². The third kappa shape index (κ3) is 2.37. The number of aryl methyl sites for hydroxylation is 1. The third-order valence-corrected chi connectivity index (χ3v) is 6.79. The second kappa shape index (κ2) is 6.63. The molecule has 2 aliphatic heterocycles. The highest BCUT2D eigenvalue weighted by atomic mass is 16.6. The molecule has 0 fully saturated rings. The van der Waals surface area contributed by atoms with Gasteiger partial charge in [0, 0.05) is 16.5 Å². The number of nitrogens with zero attached hydrogens (tertiary/aromatic N) is 2. The zero-order valence-electron chi connectivity index (χ0n) is 17.3. The van der Waals surface area contributed by atoms with E-state index < -0.39 is 11.8 Å². The summed E-state index contributed by atoms with van der Waals surface area (Å²) in [4.78, 5) is 18.3. The highest BCUT2D eigenvalue weighted by molar-refractivity contribution is 5.89. The van der Waals surface area contributed by atoms with Gasteiger partial charge in [-0.2, -0.15) is 0 Å². The van der Waals surface area contributed by atoms with Crippen LogP contribution in [0.2, 0.25) is 0 Å². The summed E-state index contributed by atoms with van der Waals surface area (Å²) >= 11 is 0. The summed E-state index contributed by atoms with van der Waals surface area (Å²) in [5.74, 6) is 0.204. The van der Waals surface area contributed by atoms with E-state index in [1.54, 1.807) is 23.7 Å². The third-order valence-electron chi connectivity index (χ3n) is 6.79. The van der Waals surface area contributed by atoms with Crippen molar-refractivity contribution in [3.8, 4) is 17.1 Å². The van der Waals surface area contributed by atoms with E-state index in [1.165, 1.54) is 0 Å². The van der Waals surface area contributed by atoms with Crippen LogP contribution >= 0.6 is 0 Å². The molecule has 156 valence electrons. The number of likely N-dealkylation sites (N-methyl/N-ethyl adjacent to an activating group) is 1. The minimum Gasteiger partial charge on any atom is -0.508 e. The van der Waals surface area contributed by atoms with Crippen molar-refractivity contribution in [2.45, 2.75) is 51.7 Å². The number of nitrogens with one attached hydrogen (secondary N) is 1. The van der Waals surface area contributed by atoms with Crippen LogP contribution in [0.5, 0.6) is 5.75 Å². The van der Waals surface area contributed by atoms with E-state index in [0.29, 0.717) is 18.5 Å². The first kappa shape index (κ1) is 19.2. The van der Waals surface area contributed by atoms with Crippen molar-refractivity contribution in [2.75, 3.05) is 7.05 Å². The van der Waals surface area contributed by atoms with Crippen molar-refractivity contribution < 1.29 is 14.9 Å². The molecular weight excluding hydrogens is 382 g/mol. The first-order chi connectivity index (χ1) is 14.4. The van der Waals surface area contributed by atoms with Crippen LogP contribution in [0, 0.1) is 0 Å². The Labute approximate surface area is 174 Å². The Bertz CT molecular complexity index is 1240. The van der Waals surface area contributed by atoms with Crippen molar-refractivity contribution in [3.05, 3.63) is 56.9 Å². The quantitative estimate of drug-likeness (QED) is 0.483. The van der Waals surface area contributed by atoms with Gasteiger partial charge >= 0.3 is 0 Å². The lowest BCUT2D eigenvalue weighted by Gasteiger charge is -2.41. The molecule has 7 nitrogen and oxygen atoms in total. The first-order valence-electron chi connectivity index (χ1n) is 10.4. The van der Waals surface area contributed by atoms with Gasteiger partial charge in [-0.25, -0.2) is 4.98 Å². The fourth-order valence-electron chi connectivity index (χ4n) is 5.12. The van der Waals surface area contributed by atoms with Crippen LogP contribution in [0.25, 0.3) is 22.3 Å². The average molecular weight is 407 g/mol. The molecule has 0 saturated heterocycles. The Morgan fingerprint density at radius 1 is 1.30 bits per heavy atom. The maximum atomic E-state index is 13.5. The SMILES string of the molecule is CCc1c2c(nc3ccc(O)cc13)-c1cc3c(c(=O)n1C2)COC(O)[C@@]3(CC)NC. The van der Waals surface area contributed by atoms with E-state index >= 15 is 0 Å². The summed E-state index contributed by atoms with van der Waals surface area (Å²) in [6.45, 7) is 4.56. The molecule has 5 rings (SSSR count). The molecule has 1 unspecified atom stereocenters. The fourth-order valence-corrected chi connectivity index (χ4v) is 5.12. The second-order valence-electron chi connectivity index (χ2n) is 8.02. The van der Waals surface area contributed by atoms with Gasteiger partial charge in [0.25, 0.3) is 5.56 Å². The van der Waals surface area contributed by atoms with Crippen LogP contribution in [-0.2, 0) is 29.8 Å². The Morgan fingerprint density at radius 3 is 2.80 bits per heavy atom. The predicted octanol–water partition coefficient (Wildman–Crippen LogP) is 2.37. The van der Waals surface area contributed by atoms with E-state index in [9.17, 15) is 15.0 Å². The summed E-state index contributed by atoms with van der Waals surface area (Å²) in [5, 5.41) is 24.7. The average Bonchev–Trinajstić information content (AvgIpc) is 3.11. The molecular formula is C23H25N3O4. The molecule has 2 atom stereocenters. The molecule has 0 radical (unpaired) electrons. The molecule has 3 aromatic rings. The minimum atomic E-state index is -1.04. The number of phenols is 1. The lowest BCUT2D eigenvalue weighted by Crippen LogP contribution is -2.55. The molecule has 2 aromatic heterocycles. The number of aliphatic hydroxyl groups is 1. The summed E-state index contributed by atoms with van der Waals surface area (Å²) in [7, 11) is 1.78. The summed E-state index contributed by atoms with van der Waals surface area (Å²) < 4.78 is 7.33. The number of aromatic hydroxyl groups is 1. The summed E-state index contributed by atoms with van der Waals surface area (Å²) in [6.07, 6.45) is 0.296. The number of fused-ring (bicyclic) bond motifs is 5. The van der Waals surface area contributed by atoms with Crippen LogP contribution in [0.15, 0.2) is 29.1 Å². The van der Waals surface area contributed by atoms with E-state index in [2.05, 4.69) is 12.2 Å². The molecule has 2 aliphatic rings. The lowest BCUT2D eigenvalue weighted by atomic mass is 9.82. The van der Waals surface area contributed by atoms with E-state index in [1.807, 2.05) is 19.1 Å². The number of benzene rings is 1. The van der Waals surface area contributed by atoms with Gasteiger partial charge in [-0.3, -0.25) is 4.79 Å². The smallest absolute Gasteiger partial charge is 0.257 e. The maximum Gasteiger partial charge on any atom is 0.257 e. The van der Waals surface area contributed by atoms with Gasteiger partial charge in [-0.1, -0.05) is 13.8 Å². The largest absolute Gasteiger partial charge is 0.508 e. The molecule has 7 heteroatoms. The summed E-state index contributed by atoms with van der Waals surface area (Å²) in [6, 6.07) is 7.18. The molecule has 1 aromatic carbocycles. The molecule has 0 amide bonds. The number of aliphatic hydroxyl groups excluding tert-OH is 1. The number of hydrogen-bond donors (Lipinski definition) is 3. The Hall–Kier alpha value is -2.74. The molecule has 0 bridgehead atoms. The Balaban J connectivity index is 1.83. The normalized spacial score (nSPS) is 22.1. The topological polar surface area (TPSA) is 96.6 Å². The van der Waals surface area contributed by atoms with Crippen molar-refractivity contribution in [2.24, 2.45) is 0 Å². The zero-order valence-corrected chi connectivity index (χ0v) is 17.3. The van der Waals surface area contributed by atoms with E-state index in [0.717, 1.165) is 45.4 Å². The molecule has 30 heavy (non-hydrogen) atoms. The molecule has 0 aliphatic carbocycles. The summed E-state index contributed by atoms with van der Waals surface area (Å²) in [5.41, 5.74) is 4.88. The number of aromatic nitrogens is 2. The first-order valence-corrected chi connectivity index (χ1v) is 10.4. The van der Waals surface area contributed by atoms with E-state index in [-0.39, 0.29) is 17.9 Å². The maximum absolute atomic E-state index is 13.5. The monoisotopic (exact) mass is 407 g/mol. The Morgan fingerprint density at radius 2 is 2.10 bits per heavy atom. The van der Waals surface area contributed by atoms with E-state index in [4.69, 9.17) is 9.72 Å². The molecule has 0 saturated carbocycles. The van der Waals surface area contributed by atoms with Crippen molar-refractivity contribution in [1.82, 2.24) is 14.9 Å². The number of phenolic OH excluding ortho intramolecular Hbond substituents is 1. The van der Waals surface area contributed by atoms with Gasteiger partial charge in [-0.05, 0) is 55.3 Å². The lowest BCUT2D eigenvalue weighted by molar-refractivity contribution is -0.175. The van der Waals surface area contributed by atoms with Crippen molar-refractivity contribution in [1.29, 1.82) is 0 Å². The zero-order chi connectivity index (χ0) is 21.2. The Kier molecular flexibility index (Phi) is 4.25.